The summed E-state index contributed by atoms with van der Waals surface area (Å²) in [6, 6.07) is 2.50. The monoisotopic (exact) mass is 229 g/mol. The molecule has 0 heterocycles. The van der Waals surface area contributed by atoms with E-state index >= 15 is 0 Å². The van der Waals surface area contributed by atoms with E-state index in [1.165, 1.54) is 30.7 Å². The molecule has 0 unspecified atom stereocenters. The van der Waals surface area contributed by atoms with Gasteiger partial charge in [0.25, 0.3) is 0 Å². The van der Waals surface area contributed by atoms with Crippen LogP contribution in [0.25, 0.3) is 0 Å². The van der Waals surface area contributed by atoms with Crippen LogP contribution in [0.2, 0.25) is 0 Å². The molecular weight excluding hydrogens is 216 g/mol. The van der Waals surface area contributed by atoms with Gasteiger partial charge in [-0.25, -0.2) is 8.78 Å². The van der Waals surface area contributed by atoms with E-state index in [1.807, 2.05) is 0 Å². The van der Waals surface area contributed by atoms with Crippen molar-refractivity contribution in [2.45, 2.75) is 35.8 Å². The molecule has 1 aliphatic rings. The van der Waals surface area contributed by atoms with E-state index in [2.05, 4.69) is 0 Å². The molecule has 1 aliphatic carbocycles. The van der Waals surface area contributed by atoms with E-state index in [9.17, 15) is 8.78 Å². The van der Waals surface area contributed by atoms with E-state index in [1.54, 1.807) is 0 Å². The molecule has 82 valence electrons. The summed E-state index contributed by atoms with van der Waals surface area (Å²) in [6.45, 7) is 0. The topological polar surface area (TPSA) is 26.0 Å². The summed E-state index contributed by atoms with van der Waals surface area (Å²) in [6.07, 6.45) is 4.49. The van der Waals surface area contributed by atoms with Gasteiger partial charge in [-0.2, -0.15) is 0 Å². The van der Waals surface area contributed by atoms with Crippen molar-refractivity contribution in [2.24, 2.45) is 0 Å². The number of rotatable bonds is 2. The maximum atomic E-state index is 13.4. The second kappa shape index (κ2) is 4.39. The van der Waals surface area contributed by atoms with Crippen molar-refractivity contribution in [2.75, 3.05) is 5.73 Å². The van der Waals surface area contributed by atoms with E-state index in [0.29, 0.717) is 10.9 Å². The highest BCUT2D eigenvalue weighted by Crippen LogP contribution is 2.39. The minimum absolute atomic E-state index is 0.280. The van der Waals surface area contributed by atoms with Crippen LogP contribution < -0.4 is 5.73 Å². The number of nitrogens with two attached hydrogens (primary N) is 1. The molecule has 1 aromatic carbocycles. The van der Waals surface area contributed by atoms with Crippen molar-refractivity contribution >= 4 is 17.4 Å². The minimum atomic E-state index is -0.815. The highest BCUT2D eigenvalue weighted by molar-refractivity contribution is 8.00. The Balaban J connectivity index is 2.22. The SMILES string of the molecule is Nc1ccc(F)c(F)c1SC1CCCC1. The molecule has 2 rings (SSSR count). The van der Waals surface area contributed by atoms with Crippen LogP contribution in [-0.2, 0) is 0 Å². The summed E-state index contributed by atoms with van der Waals surface area (Å²) < 4.78 is 26.4. The van der Waals surface area contributed by atoms with E-state index in [-0.39, 0.29) is 4.90 Å². The van der Waals surface area contributed by atoms with Gasteiger partial charge < -0.3 is 5.73 Å². The Hall–Kier alpha value is -0.770. The fraction of sp³-hybridized carbons (Fsp3) is 0.455. The van der Waals surface area contributed by atoms with Crippen LogP contribution >= 0.6 is 11.8 Å². The zero-order valence-electron chi connectivity index (χ0n) is 8.30. The van der Waals surface area contributed by atoms with Crippen LogP contribution in [-0.4, -0.2) is 5.25 Å². The molecule has 1 saturated carbocycles. The van der Waals surface area contributed by atoms with Crippen LogP contribution in [0.3, 0.4) is 0 Å². The Morgan fingerprint density at radius 1 is 1.20 bits per heavy atom. The third-order valence-electron chi connectivity index (χ3n) is 2.67. The number of halogens is 2. The molecule has 0 aromatic heterocycles. The molecule has 2 N–H and O–H groups in total. The maximum Gasteiger partial charge on any atom is 0.174 e. The quantitative estimate of drug-likeness (QED) is 0.784. The Kier molecular flexibility index (Phi) is 3.14. The number of anilines is 1. The van der Waals surface area contributed by atoms with Crippen LogP contribution in [0.15, 0.2) is 17.0 Å². The van der Waals surface area contributed by atoms with Crippen molar-refractivity contribution < 1.29 is 8.78 Å². The summed E-state index contributed by atoms with van der Waals surface area (Å²) in [5.41, 5.74) is 5.98. The number of nitrogen functional groups attached to an aromatic ring is 1. The van der Waals surface area contributed by atoms with Gasteiger partial charge in [0.05, 0.1) is 4.90 Å². The highest BCUT2D eigenvalue weighted by atomic mass is 32.2. The van der Waals surface area contributed by atoms with E-state index in [4.69, 9.17) is 5.73 Å². The highest BCUT2D eigenvalue weighted by Gasteiger charge is 2.20. The maximum absolute atomic E-state index is 13.4. The Morgan fingerprint density at radius 2 is 1.87 bits per heavy atom. The van der Waals surface area contributed by atoms with Gasteiger partial charge in [0.1, 0.15) is 0 Å². The van der Waals surface area contributed by atoms with Crippen molar-refractivity contribution in [3.8, 4) is 0 Å². The first-order valence-corrected chi connectivity index (χ1v) is 5.96. The largest absolute Gasteiger partial charge is 0.398 e. The molecule has 0 bridgehead atoms. The van der Waals surface area contributed by atoms with Crippen molar-refractivity contribution in [1.29, 1.82) is 0 Å². The van der Waals surface area contributed by atoms with Gasteiger partial charge in [0.2, 0.25) is 0 Å². The lowest BCUT2D eigenvalue weighted by Crippen LogP contribution is -2.00. The van der Waals surface area contributed by atoms with Gasteiger partial charge >= 0.3 is 0 Å². The van der Waals surface area contributed by atoms with Gasteiger partial charge in [-0.05, 0) is 25.0 Å². The molecule has 4 heteroatoms. The summed E-state index contributed by atoms with van der Waals surface area (Å²) in [7, 11) is 0. The van der Waals surface area contributed by atoms with Crippen LogP contribution in [0.5, 0.6) is 0 Å². The summed E-state index contributed by atoms with van der Waals surface area (Å²) >= 11 is 1.38. The van der Waals surface area contributed by atoms with Gasteiger partial charge in [0.15, 0.2) is 11.6 Å². The van der Waals surface area contributed by atoms with Crippen molar-refractivity contribution in [3.63, 3.8) is 0 Å². The number of benzene rings is 1. The van der Waals surface area contributed by atoms with E-state index < -0.39 is 11.6 Å². The van der Waals surface area contributed by atoms with Gasteiger partial charge in [-0.1, -0.05) is 12.8 Å². The lowest BCUT2D eigenvalue weighted by atomic mass is 10.3. The van der Waals surface area contributed by atoms with Crippen molar-refractivity contribution in [3.05, 3.63) is 23.8 Å². The summed E-state index contributed by atoms with van der Waals surface area (Å²) in [4.78, 5) is 0.280. The summed E-state index contributed by atoms with van der Waals surface area (Å²) in [5, 5.41) is 0.392. The lowest BCUT2D eigenvalue weighted by Gasteiger charge is -2.11. The zero-order chi connectivity index (χ0) is 10.8. The standard InChI is InChI=1S/C11H13F2NS/c12-8-5-6-9(14)11(10(8)13)15-7-3-1-2-4-7/h5-7H,1-4,14H2. The number of thioether (sulfide) groups is 1. The second-order valence-electron chi connectivity index (χ2n) is 3.80. The number of hydrogen-bond acceptors (Lipinski definition) is 2. The fourth-order valence-corrected chi connectivity index (χ4v) is 3.15. The third-order valence-corrected chi connectivity index (χ3v) is 4.12. The van der Waals surface area contributed by atoms with Crippen LogP contribution in [0.4, 0.5) is 14.5 Å². The molecule has 15 heavy (non-hydrogen) atoms. The normalized spacial score (nSPS) is 17.2. The van der Waals surface area contributed by atoms with Gasteiger partial charge in [-0.15, -0.1) is 11.8 Å². The molecule has 0 spiro atoms. The molecule has 0 saturated heterocycles. The van der Waals surface area contributed by atoms with Gasteiger partial charge in [0, 0.05) is 10.9 Å². The predicted octanol–water partition coefficient (Wildman–Crippen LogP) is 3.58. The van der Waals surface area contributed by atoms with Gasteiger partial charge in [-0.3, -0.25) is 0 Å². The molecule has 0 radical (unpaired) electrons. The molecule has 1 fully saturated rings. The zero-order valence-corrected chi connectivity index (χ0v) is 9.12. The predicted molar refractivity (Wildman–Crippen MR) is 58.9 cm³/mol. The van der Waals surface area contributed by atoms with E-state index in [0.717, 1.165) is 18.9 Å². The third kappa shape index (κ3) is 2.25. The molecule has 0 amide bonds. The smallest absolute Gasteiger partial charge is 0.174 e. The molecular formula is C11H13F2NS. The fourth-order valence-electron chi connectivity index (χ4n) is 1.84. The first-order valence-electron chi connectivity index (χ1n) is 5.08. The Labute approximate surface area is 92.0 Å². The Morgan fingerprint density at radius 3 is 2.53 bits per heavy atom. The average Bonchev–Trinajstić information content (AvgIpc) is 2.71. The average molecular weight is 229 g/mol. The van der Waals surface area contributed by atoms with Crippen LogP contribution in [0, 0.1) is 11.6 Å². The Bertz CT molecular complexity index is 362. The lowest BCUT2D eigenvalue weighted by molar-refractivity contribution is 0.492. The minimum Gasteiger partial charge on any atom is -0.398 e. The summed E-state index contributed by atoms with van der Waals surface area (Å²) in [5.74, 6) is -1.61. The van der Waals surface area contributed by atoms with Crippen LogP contribution in [0.1, 0.15) is 25.7 Å². The molecule has 0 aliphatic heterocycles. The first kappa shape index (κ1) is 10.7. The first-order chi connectivity index (χ1) is 7.18. The number of hydrogen-bond donors (Lipinski definition) is 1. The van der Waals surface area contributed by atoms with Crippen molar-refractivity contribution in [1.82, 2.24) is 0 Å². The second-order valence-corrected chi connectivity index (χ2v) is 5.11. The molecule has 1 aromatic rings. The molecule has 1 nitrogen and oxygen atoms in total. The molecule has 0 atom stereocenters.